The predicted molar refractivity (Wildman–Crippen MR) is 60.2 cm³/mol. The number of hydrogen-bond donors (Lipinski definition) is 0. The number of rotatable bonds is 1. The highest BCUT2D eigenvalue weighted by Gasteiger charge is 2.32. The monoisotopic (exact) mass is 267 g/mol. The smallest absolute Gasteiger partial charge is 0.261 e. The van der Waals surface area contributed by atoms with Crippen LogP contribution in [0.1, 0.15) is 38.0 Å². The summed E-state index contributed by atoms with van der Waals surface area (Å²) in [5.41, 5.74) is 2.01. The second-order valence-corrected chi connectivity index (χ2v) is 4.96. The third kappa shape index (κ3) is 1.49. The molecule has 0 saturated heterocycles. The van der Waals surface area contributed by atoms with E-state index in [9.17, 15) is 9.59 Å². The van der Waals surface area contributed by atoms with Gasteiger partial charge in [-0.3, -0.25) is 14.5 Å². The lowest BCUT2D eigenvalue weighted by Crippen LogP contribution is -2.24. The minimum absolute atomic E-state index is 0.177. The molecule has 0 fully saturated rings. The van der Waals surface area contributed by atoms with Crippen molar-refractivity contribution in [2.75, 3.05) is 7.05 Å². The van der Waals surface area contributed by atoms with E-state index in [2.05, 4.69) is 15.9 Å². The fourth-order valence-corrected chi connectivity index (χ4v) is 1.91. The van der Waals surface area contributed by atoms with Crippen LogP contribution in [-0.4, -0.2) is 23.8 Å². The highest BCUT2D eigenvalue weighted by molar-refractivity contribution is 9.09. The Balaban J connectivity index is 2.57. The number of alkyl halides is 1. The summed E-state index contributed by atoms with van der Waals surface area (Å²) in [6.07, 6.45) is 0. The van der Waals surface area contributed by atoms with Crippen LogP contribution in [0, 0.1) is 0 Å². The Kier molecular flexibility index (Phi) is 2.38. The van der Waals surface area contributed by atoms with E-state index < -0.39 is 0 Å². The molecular weight excluding hydrogens is 258 g/mol. The Morgan fingerprint density at radius 2 is 1.80 bits per heavy atom. The Morgan fingerprint density at radius 3 is 2.40 bits per heavy atom. The fourth-order valence-electron chi connectivity index (χ4n) is 1.63. The number of amides is 2. The molecule has 0 radical (unpaired) electrons. The molecule has 0 aliphatic carbocycles. The number of imide groups is 1. The summed E-state index contributed by atoms with van der Waals surface area (Å²) in [6.45, 7) is 1.98. The molecular formula is C11H10BrNO2. The zero-order valence-corrected chi connectivity index (χ0v) is 10.0. The van der Waals surface area contributed by atoms with Crippen molar-refractivity contribution in [1.29, 1.82) is 0 Å². The number of nitrogens with zero attached hydrogens (tertiary/aromatic N) is 1. The minimum atomic E-state index is -0.219. The molecule has 0 saturated carbocycles. The summed E-state index contributed by atoms with van der Waals surface area (Å²) in [6, 6.07) is 5.35. The van der Waals surface area contributed by atoms with Gasteiger partial charge in [0.05, 0.1) is 11.1 Å². The van der Waals surface area contributed by atoms with Crippen molar-refractivity contribution in [3.8, 4) is 0 Å². The van der Waals surface area contributed by atoms with Gasteiger partial charge in [0.25, 0.3) is 11.8 Å². The van der Waals surface area contributed by atoms with Crippen molar-refractivity contribution in [1.82, 2.24) is 4.90 Å². The third-order valence-electron chi connectivity index (χ3n) is 2.57. The normalized spacial score (nSPS) is 16.9. The summed E-state index contributed by atoms with van der Waals surface area (Å²) in [7, 11) is 1.50. The lowest BCUT2D eigenvalue weighted by Gasteiger charge is -2.04. The molecule has 3 nitrogen and oxygen atoms in total. The second-order valence-electron chi connectivity index (χ2n) is 3.59. The van der Waals surface area contributed by atoms with E-state index in [4.69, 9.17) is 0 Å². The Morgan fingerprint density at radius 1 is 1.20 bits per heavy atom. The molecule has 1 aromatic carbocycles. The number of hydrogen-bond acceptors (Lipinski definition) is 2. The van der Waals surface area contributed by atoms with Crippen LogP contribution in [0.15, 0.2) is 18.2 Å². The molecule has 1 unspecified atom stereocenters. The fraction of sp³-hybridized carbons (Fsp3) is 0.273. The summed E-state index contributed by atoms with van der Waals surface area (Å²) in [5.74, 6) is -0.436. The summed E-state index contributed by atoms with van der Waals surface area (Å²) < 4.78 is 0. The van der Waals surface area contributed by atoms with Crippen LogP contribution in [0.2, 0.25) is 0 Å². The van der Waals surface area contributed by atoms with Crippen molar-refractivity contribution < 1.29 is 9.59 Å². The zero-order chi connectivity index (χ0) is 11.2. The molecule has 0 bridgehead atoms. The van der Waals surface area contributed by atoms with Crippen LogP contribution in [0.25, 0.3) is 0 Å². The number of benzene rings is 1. The van der Waals surface area contributed by atoms with Gasteiger partial charge in [-0.2, -0.15) is 0 Å². The predicted octanol–water partition coefficient (Wildman–Crippen LogP) is 2.37. The lowest BCUT2D eigenvalue weighted by atomic mass is 10.0. The second kappa shape index (κ2) is 3.45. The van der Waals surface area contributed by atoms with Gasteiger partial charge >= 0.3 is 0 Å². The molecule has 78 valence electrons. The maximum Gasteiger partial charge on any atom is 0.261 e. The van der Waals surface area contributed by atoms with Gasteiger partial charge in [0.15, 0.2) is 0 Å². The average molecular weight is 268 g/mol. The van der Waals surface area contributed by atoms with Crippen molar-refractivity contribution >= 4 is 27.7 Å². The molecule has 2 amide bonds. The summed E-state index contributed by atoms with van der Waals surface area (Å²) in [5, 5.41) is 0. The molecule has 1 aromatic rings. The summed E-state index contributed by atoms with van der Waals surface area (Å²) >= 11 is 3.43. The average Bonchev–Trinajstić information content (AvgIpc) is 2.44. The third-order valence-corrected chi connectivity index (χ3v) is 3.10. The largest absolute Gasteiger partial charge is 0.277 e. The zero-order valence-electron chi connectivity index (χ0n) is 8.45. The first-order valence-electron chi connectivity index (χ1n) is 4.62. The highest BCUT2D eigenvalue weighted by Crippen LogP contribution is 2.28. The van der Waals surface area contributed by atoms with Crippen LogP contribution in [-0.2, 0) is 0 Å². The molecule has 1 aliphatic heterocycles. The molecule has 4 heteroatoms. The molecule has 1 aliphatic rings. The first kappa shape index (κ1) is 10.4. The topological polar surface area (TPSA) is 37.4 Å². The van der Waals surface area contributed by atoms with E-state index in [-0.39, 0.29) is 16.6 Å². The van der Waals surface area contributed by atoms with Crippen LogP contribution >= 0.6 is 15.9 Å². The van der Waals surface area contributed by atoms with E-state index in [0.717, 1.165) is 10.5 Å². The van der Waals surface area contributed by atoms with Gasteiger partial charge < -0.3 is 0 Å². The van der Waals surface area contributed by atoms with Crippen LogP contribution in [0.5, 0.6) is 0 Å². The van der Waals surface area contributed by atoms with E-state index in [1.165, 1.54) is 7.05 Å². The number of carbonyl (C=O) groups is 2. The lowest BCUT2D eigenvalue weighted by molar-refractivity contribution is 0.0693. The maximum absolute atomic E-state index is 11.7. The summed E-state index contributed by atoms with van der Waals surface area (Å²) in [4.78, 5) is 24.6. The van der Waals surface area contributed by atoms with Gasteiger partial charge in [-0.1, -0.05) is 22.0 Å². The molecule has 15 heavy (non-hydrogen) atoms. The quantitative estimate of drug-likeness (QED) is 0.579. The number of fused-ring (bicyclic) bond motifs is 1. The Labute approximate surface area is 96.2 Å². The van der Waals surface area contributed by atoms with Crippen LogP contribution in [0.3, 0.4) is 0 Å². The molecule has 0 spiro atoms. The van der Waals surface area contributed by atoms with Crippen molar-refractivity contribution in [3.05, 3.63) is 34.9 Å². The molecule has 1 heterocycles. The molecule has 2 rings (SSSR count). The highest BCUT2D eigenvalue weighted by atomic mass is 79.9. The van der Waals surface area contributed by atoms with Crippen LogP contribution in [0.4, 0.5) is 0 Å². The van der Waals surface area contributed by atoms with Gasteiger partial charge in [0, 0.05) is 11.9 Å². The Bertz CT molecular complexity index is 454. The number of carbonyl (C=O) groups excluding carboxylic acids is 2. The van der Waals surface area contributed by atoms with E-state index in [1.807, 2.05) is 13.0 Å². The van der Waals surface area contributed by atoms with E-state index in [1.54, 1.807) is 12.1 Å². The van der Waals surface area contributed by atoms with Gasteiger partial charge in [0.2, 0.25) is 0 Å². The van der Waals surface area contributed by atoms with E-state index >= 15 is 0 Å². The van der Waals surface area contributed by atoms with Gasteiger partial charge in [0.1, 0.15) is 0 Å². The number of halogens is 1. The van der Waals surface area contributed by atoms with Crippen molar-refractivity contribution in [2.45, 2.75) is 11.8 Å². The van der Waals surface area contributed by atoms with Gasteiger partial charge in [-0.15, -0.1) is 0 Å². The van der Waals surface area contributed by atoms with Gasteiger partial charge in [-0.25, -0.2) is 0 Å². The van der Waals surface area contributed by atoms with Crippen molar-refractivity contribution in [3.63, 3.8) is 0 Å². The maximum atomic E-state index is 11.7. The molecule has 1 atom stereocenters. The van der Waals surface area contributed by atoms with Crippen molar-refractivity contribution in [2.24, 2.45) is 0 Å². The first-order valence-corrected chi connectivity index (χ1v) is 5.54. The molecule has 0 aromatic heterocycles. The molecule has 0 N–H and O–H groups in total. The minimum Gasteiger partial charge on any atom is -0.277 e. The van der Waals surface area contributed by atoms with Crippen LogP contribution < -0.4 is 0 Å². The first-order chi connectivity index (χ1) is 7.02. The van der Waals surface area contributed by atoms with E-state index in [0.29, 0.717) is 11.1 Å². The Hall–Kier alpha value is -1.16. The van der Waals surface area contributed by atoms with Gasteiger partial charge in [-0.05, 0) is 24.6 Å². The standard InChI is InChI=1S/C11H10BrNO2/c1-6(12)7-3-4-8-9(5-7)11(15)13(2)10(8)14/h3-6H,1-2H3. The SMILES string of the molecule is CC(Br)c1ccc2c(c1)C(=O)N(C)C2=O.